The second-order valence-corrected chi connectivity index (χ2v) is 7.86. The van der Waals surface area contributed by atoms with Gasteiger partial charge in [-0.3, -0.25) is 14.5 Å². The summed E-state index contributed by atoms with van der Waals surface area (Å²) in [6.07, 6.45) is 0.986. The monoisotopic (exact) mass is 409 g/mol. The number of carbonyl (C=O) groups is 2. The Balaban J connectivity index is 1.43. The minimum atomic E-state index is -0.465. The maximum atomic E-state index is 13.1. The molecule has 1 N–H and O–H groups in total. The lowest BCUT2D eigenvalue weighted by atomic mass is 10.0. The van der Waals surface area contributed by atoms with Crippen molar-refractivity contribution in [1.82, 2.24) is 9.88 Å². The summed E-state index contributed by atoms with van der Waals surface area (Å²) >= 11 is 6.23. The van der Waals surface area contributed by atoms with Crippen LogP contribution in [0.4, 0.5) is 5.69 Å². The van der Waals surface area contributed by atoms with Gasteiger partial charge in [0.15, 0.2) is 0 Å². The number of hydrogen-bond acceptors (Lipinski definition) is 4. The van der Waals surface area contributed by atoms with Crippen molar-refractivity contribution in [2.24, 2.45) is 0 Å². The smallest absolute Gasteiger partial charge is 0.251 e. The van der Waals surface area contributed by atoms with Gasteiger partial charge in [-0.25, -0.2) is 4.90 Å². The summed E-state index contributed by atoms with van der Waals surface area (Å²) in [6, 6.07) is 12.5. The Bertz CT molecular complexity index is 1140. The molecule has 2 aliphatic rings. The summed E-state index contributed by atoms with van der Waals surface area (Å²) in [4.78, 5) is 32.6. The second kappa shape index (κ2) is 6.90. The molecule has 2 amide bonds. The number of ether oxygens (including phenoxy) is 1. The molecule has 29 heavy (non-hydrogen) atoms. The van der Waals surface area contributed by atoms with Gasteiger partial charge in [0.05, 0.1) is 30.3 Å². The van der Waals surface area contributed by atoms with Crippen molar-refractivity contribution >= 4 is 40.0 Å². The Hall–Kier alpha value is -2.83. The maximum Gasteiger partial charge on any atom is 0.251 e. The number of carbonyl (C=O) groups excluding carboxylic acids is 2. The molecule has 3 heterocycles. The standard InChI is InChI=1S/C22H20ClN3O3/c1-29-13-6-7-17-15(10-13)14-8-9-25(12-18(14)24-17)20-11-21(27)26(22(20)28)19-5-3-2-4-16(19)23/h2-7,10,20,24H,8-9,11-12H2,1H3. The number of nitrogens with one attached hydrogen (secondary N) is 1. The van der Waals surface area contributed by atoms with Crippen LogP contribution in [0.3, 0.4) is 0 Å². The Morgan fingerprint density at radius 3 is 2.79 bits per heavy atom. The van der Waals surface area contributed by atoms with E-state index in [1.807, 2.05) is 18.2 Å². The predicted octanol–water partition coefficient (Wildman–Crippen LogP) is 3.52. The first-order valence-electron chi connectivity index (χ1n) is 9.59. The molecule has 5 rings (SSSR count). The Labute approximate surface area is 173 Å². The van der Waals surface area contributed by atoms with Crippen LogP contribution in [0.5, 0.6) is 5.75 Å². The minimum Gasteiger partial charge on any atom is -0.497 e. The van der Waals surface area contributed by atoms with E-state index >= 15 is 0 Å². The highest BCUT2D eigenvalue weighted by molar-refractivity contribution is 6.36. The van der Waals surface area contributed by atoms with Gasteiger partial charge in [0.25, 0.3) is 5.91 Å². The normalized spacial score (nSPS) is 19.8. The van der Waals surface area contributed by atoms with Crippen LogP contribution in [0.1, 0.15) is 17.7 Å². The molecule has 0 spiro atoms. The lowest BCUT2D eigenvalue weighted by Crippen LogP contribution is -2.44. The molecule has 7 heteroatoms. The van der Waals surface area contributed by atoms with E-state index in [4.69, 9.17) is 16.3 Å². The van der Waals surface area contributed by atoms with Gasteiger partial charge in [0, 0.05) is 29.7 Å². The van der Waals surface area contributed by atoms with Gasteiger partial charge >= 0.3 is 0 Å². The summed E-state index contributed by atoms with van der Waals surface area (Å²) in [7, 11) is 1.66. The Kier molecular flexibility index (Phi) is 4.33. The quantitative estimate of drug-likeness (QED) is 0.672. The molecule has 0 saturated carbocycles. The molecule has 0 radical (unpaired) electrons. The molecule has 148 valence electrons. The summed E-state index contributed by atoms with van der Waals surface area (Å²) < 4.78 is 5.35. The topological polar surface area (TPSA) is 65.6 Å². The van der Waals surface area contributed by atoms with Crippen LogP contribution in [-0.2, 0) is 22.6 Å². The van der Waals surface area contributed by atoms with Crippen molar-refractivity contribution in [1.29, 1.82) is 0 Å². The number of nitrogens with zero attached hydrogens (tertiary/aromatic N) is 2. The number of aromatic amines is 1. The molecule has 3 aromatic rings. The van der Waals surface area contributed by atoms with Crippen molar-refractivity contribution in [2.75, 3.05) is 18.6 Å². The van der Waals surface area contributed by atoms with E-state index in [1.54, 1.807) is 31.4 Å². The van der Waals surface area contributed by atoms with Crippen LogP contribution in [0.2, 0.25) is 5.02 Å². The molecule has 0 bridgehead atoms. The third kappa shape index (κ3) is 2.91. The zero-order chi connectivity index (χ0) is 20.1. The molecule has 1 atom stereocenters. The minimum absolute atomic E-state index is 0.174. The van der Waals surface area contributed by atoms with E-state index in [0.29, 0.717) is 17.3 Å². The molecule has 2 aromatic carbocycles. The molecule has 0 aliphatic carbocycles. The van der Waals surface area contributed by atoms with Crippen LogP contribution in [0.25, 0.3) is 10.9 Å². The summed E-state index contributed by atoms with van der Waals surface area (Å²) in [5.41, 5.74) is 3.87. The van der Waals surface area contributed by atoms with Gasteiger partial charge in [0.1, 0.15) is 5.75 Å². The van der Waals surface area contributed by atoms with E-state index in [0.717, 1.165) is 35.3 Å². The SMILES string of the molecule is COc1ccc2[nH]c3c(c2c1)CCN(C1CC(=O)N(c2ccccc2Cl)C1=O)C3. The number of H-pyrrole nitrogens is 1. The molecule has 1 fully saturated rings. The van der Waals surface area contributed by atoms with Crippen LogP contribution >= 0.6 is 11.6 Å². The van der Waals surface area contributed by atoms with Gasteiger partial charge in [-0.15, -0.1) is 0 Å². The highest BCUT2D eigenvalue weighted by atomic mass is 35.5. The predicted molar refractivity (Wildman–Crippen MR) is 111 cm³/mol. The van der Waals surface area contributed by atoms with Gasteiger partial charge in [-0.2, -0.15) is 0 Å². The zero-order valence-corrected chi connectivity index (χ0v) is 16.7. The summed E-state index contributed by atoms with van der Waals surface area (Å²) in [5, 5.41) is 1.56. The molecule has 1 unspecified atom stereocenters. The van der Waals surface area contributed by atoms with Crippen molar-refractivity contribution < 1.29 is 14.3 Å². The van der Waals surface area contributed by atoms with E-state index in [-0.39, 0.29) is 18.2 Å². The number of benzene rings is 2. The van der Waals surface area contributed by atoms with Crippen molar-refractivity contribution in [3.8, 4) is 5.75 Å². The fourth-order valence-electron chi connectivity index (χ4n) is 4.42. The fourth-order valence-corrected chi connectivity index (χ4v) is 4.64. The number of rotatable bonds is 3. The second-order valence-electron chi connectivity index (χ2n) is 7.45. The lowest BCUT2D eigenvalue weighted by molar-refractivity contribution is -0.123. The maximum absolute atomic E-state index is 13.1. The van der Waals surface area contributed by atoms with Crippen LogP contribution in [0, 0.1) is 0 Å². The number of fused-ring (bicyclic) bond motifs is 3. The first-order chi connectivity index (χ1) is 14.1. The number of hydrogen-bond donors (Lipinski definition) is 1. The average Bonchev–Trinajstić information content (AvgIpc) is 3.24. The summed E-state index contributed by atoms with van der Waals surface area (Å²) in [5.74, 6) is 0.415. The zero-order valence-electron chi connectivity index (χ0n) is 15.9. The third-order valence-corrected chi connectivity index (χ3v) is 6.19. The average molecular weight is 410 g/mol. The van der Waals surface area contributed by atoms with Crippen molar-refractivity contribution in [3.05, 3.63) is 58.7 Å². The molecule has 1 aromatic heterocycles. The number of para-hydroxylation sites is 1. The van der Waals surface area contributed by atoms with Gasteiger partial charge in [-0.1, -0.05) is 23.7 Å². The van der Waals surface area contributed by atoms with E-state index < -0.39 is 6.04 Å². The molecule has 1 saturated heterocycles. The molecular formula is C22H20ClN3O3. The third-order valence-electron chi connectivity index (χ3n) is 5.87. The van der Waals surface area contributed by atoms with E-state index in [9.17, 15) is 9.59 Å². The largest absolute Gasteiger partial charge is 0.497 e. The number of aromatic nitrogens is 1. The van der Waals surface area contributed by atoms with Gasteiger partial charge < -0.3 is 9.72 Å². The highest BCUT2D eigenvalue weighted by Crippen LogP contribution is 2.35. The van der Waals surface area contributed by atoms with Crippen molar-refractivity contribution in [3.63, 3.8) is 0 Å². The fraction of sp³-hybridized carbons (Fsp3) is 0.273. The van der Waals surface area contributed by atoms with Gasteiger partial charge in [0.2, 0.25) is 5.91 Å². The number of imide groups is 1. The first kappa shape index (κ1) is 18.2. The van der Waals surface area contributed by atoms with Crippen LogP contribution in [0.15, 0.2) is 42.5 Å². The number of halogens is 1. The number of amides is 2. The number of methoxy groups -OCH3 is 1. The van der Waals surface area contributed by atoms with Crippen LogP contribution in [-0.4, -0.2) is 41.4 Å². The van der Waals surface area contributed by atoms with E-state index in [2.05, 4.69) is 9.88 Å². The highest BCUT2D eigenvalue weighted by Gasteiger charge is 2.44. The first-order valence-corrected chi connectivity index (χ1v) is 9.97. The molecule has 2 aliphatic heterocycles. The Morgan fingerprint density at radius 2 is 2.00 bits per heavy atom. The molecule has 6 nitrogen and oxygen atoms in total. The van der Waals surface area contributed by atoms with E-state index in [1.165, 1.54) is 10.5 Å². The molecular weight excluding hydrogens is 390 g/mol. The summed E-state index contributed by atoms with van der Waals surface area (Å²) in [6.45, 7) is 1.32. The Morgan fingerprint density at radius 1 is 1.17 bits per heavy atom. The number of anilines is 1. The lowest BCUT2D eigenvalue weighted by Gasteiger charge is -2.30. The van der Waals surface area contributed by atoms with Crippen LogP contribution < -0.4 is 9.64 Å². The van der Waals surface area contributed by atoms with Crippen molar-refractivity contribution in [2.45, 2.75) is 25.4 Å². The van der Waals surface area contributed by atoms with Gasteiger partial charge in [-0.05, 0) is 42.3 Å².